The summed E-state index contributed by atoms with van der Waals surface area (Å²) in [5.41, 5.74) is 0. The van der Waals surface area contributed by atoms with Crippen molar-refractivity contribution in [3.8, 4) is 0 Å². The van der Waals surface area contributed by atoms with Crippen molar-refractivity contribution < 1.29 is 19.0 Å². The first-order valence-electron chi connectivity index (χ1n) is 2.88. The van der Waals surface area contributed by atoms with Crippen LogP contribution >= 0.6 is 7.60 Å². The summed E-state index contributed by atoms with van der Waals surface area (Å²) in [6.45, 7) is 0. The third-order valence-corrected chi connectivity index (χ3v) is 2.11. The third kappa shape index (κ3) is 2.08. The van der Waals surface area contributed by atoms with Gasteiger partial charge in [0, 0.05) is 6.07 Å². The highest BCUT2D eigenvalue weighted by molar-refractivity contribution is 7.60. The molecule has 0 aromatic carbocycles. The molecule has 0 bridgehead atoms. The van der Waals surface area contributed by atoms with E-state index in [2.05, 4.69) is 5.10 Å². The fourth-order valence-corrected chi connectivity index (χ4v) is 1.05. The summed E-state index contributed by atoms with van der Waals surface area (Å²) >= 11 is 0. The predicted octanol–water partition coefficient (Wildman–Crippen LogP) is -1.29. The van der Waals surface area contributed by atoms with Gasteiger partial charge < -0.3 is 9.79 Å². The van der Waals surface area contributed by atoms with E-state index in [9.17, 15) is 4.57 Å². The lowest BCUT2D eigenvalue weighted by Crippen LogP contribution is -2.33. The molecule has 1 aromatic heterocycles. The number of aryl methyl sites for hydroxylation is 1. The Labute approximate surface area is 63.5 Å². The first kappa shape index (κ1) is 8.33. The standard InChI is InChI=1S/C5H7N2O3P/c1-7-3-2-5(4-6-7)11(8,9)10/h2-4H,1H3,(H-,8,9,10)/p+1. The second-order valence-electron chi connectivity index (χ2n) is 2.10. The van der Waals surface area contributed by atoms with Gasteiger partial charge in [-0.2, -0.15) is 0 Å². The highest BCUT2D eigenvalue weighted by atomic mass is 31.2. The Bertz CT molecular complexity index is 291. The Morgan fingerprint density at radius 2 is 2.27 bits per heavy atom. The summed E-state index contributed by atoms with van der Waals surface area (Å²) in [6.07, 6.45) is 2.63. The fourth-order valence-electron chi connectivity index (χ4n) is 0.588. The first-order valence-corrected chi connectivity index (χ1v) is 4.49. The Morgan fingerprint density at radius 3 is 2.64 bits per heavy atom. The quantitative estimate of drug-likeness (QED) is 0.411. The van der Waals surface area contributed by atoms with E-state index in [1.54, 1.807) is 7.05 Å². The van der Waals surface area contributed by atoms with Gasteiger partial charge in [0.2, 0.25) is 0 Å². The summed E-state index contributed by atoms with van der Waals surface area (Å²) in [4.78, 5) is 17.3. The molecule has 0 unspecified atom stereocenters. The molecule has 1 heterocycles. The van der Waals surface area contributed by atoms with E-state index < -0.39 is 7.60 Å². The van der Waals surface area contributed by atoms with Crippen LogP contribution in [0.2, 0.25) is 0 Å². The molecule has 0 aliphatic rings. The van der Waals surface area contributed by atoms with Crippen LogP contribution in [0.25, 0.3) is 0 Å². The number of hydrogen-bond donors (Lipinski definition) is 2. The lowest BCUT2D eigenvalue weighted by molar-refractivity contribution is -0.730. The van der Waals surface area contributed by atoms with E-state index in [1.165, 1.54) is 16.9 Å². The summed E-state index contributed by atoms with van der Waals surface area (Å²) in [7, 11) is -2.44. The van der Waals surface area contributed by atoms with Gasteiger partial charge in [-0.05, 0) is 5.10 Å². The Hall–Kier alpha value is -0.770. The highest BCUT2D eigenvalue weighted by Gasteiger charge is 2.18. The molecular formula is C5H8N2O3P+. The minimum absolute atomic E-state index is 0.0596. The maximum atomic E-state index is 10.6. The smallest absolute Gasteiger partial charge is 0.321 e. The molecule has 0 fully saturated rings. The van der Waals surface area contributed by atoms with Crippen LogP contribution in [0.5, 0.6) is 0 Å². The second kappa shape index (κ2) is 2.70. The molecule has 0 atom stereocenters. The van der Waals surface area contributed by atoms with Gasteiger partial charge in [0.15, 0.2) is 13.2 Å². The molecule has 60 valence electrons. The zero-order valence-electron chi connectivity index (χ0n) is 5.88. The lowest BCUT2D eigenvalue weighted by Gasteiger charge is -1.98. The zero-order chi connectivity index (χ0) is 8.48. The van der Waals surface area contributed by atoms with E-state index in [0.29, 0.717) is 0 Å². The van der Waals surface area contributed by atoms with Gasteiger partial charge in [0.25, 0.3) is 0 Å². The molecule has 0 saturated heterocycles. The topological polar surface area (TPSA) is 74.3 Å². The molecule has 0 spiro atoms. The lowest BCUT2D eigenvalue weighted by atomic mass is 10.6. The van der Waals surface area contributed by atoms with Crippen molar-refractivity contribution in [1.29, 1.82) is 0 Å². The largest absolute Gasteiger partial charge is 0.358 e. The van der Waals surface area contributed by atoms with E-state index in [0.717, 1.165) is 6.20 Å². The van der Waals surface area contributed by atoms with Crippen LogP contribution in [0.3, 0.4) is 0 Å². The molecule has 0 amide bonds. The van der Waals surface area contributed by atoms with E-state index in [4.69, 9.17) is 9.79 Å². The minimum Gasteiger partial charge on any atom is -0.321 e. The molecule has 1 aromatic rings. The molecule has 0 aliphatic heterocycles. The fraction of sp³-hybridized carbons (Fsp3) is 0.200. The van der Waals surface area contributed by atoms with Gasteiger partial charge >= 0.3 is 7.60 Å². The summed E-state index contributed by atoms with van der Waals surface area (Å²) < 4.78 is 12.0. The van der Waals surface area contributed by atoms with E-state index in [1.807, 2.05) is 0 Å². The summed E-state index contributed by atoms with van der Waals surface area (Å²) in [5.74, 6) is 0. The number of rotatable bonds is 1. The van der Waals surface area contributed by atoms with Crippen molar-refractivity contribution in [1.82, 2.24) is 5.10 Å². The van der Waals surface area contributed by atoms with Crippen LogP contribution in [0, 0.1) is 0 Å². The van der Waals surface area contributed by atoms with Crippen LogP contribution in [0.4, 0.5) is 0 Å². The van der Waals surface area contributed by atoms with Crippen molar-refractivity contribution in [2.24, 2.45) is 7.05 Å². The average molecular weight is 175 g/mol. The number of nitrogens with zero attached hydrogens (tertiary/aromatic N) is 2. The van der Waals surface area contributed by atoms with Gasteiger partial charge in [-0.1, -0.05) is 4.68 Å². The molecule has 2 N–H and O–H groups in total. The second-order valence-corrected chi connectivity index (χ2v) is 3.71. The highest BCUT2D eigenvalue weighted by Crippen LogP contribution is 2.31. The maximum absolute atomic E-state index is 10.6. The predicted molar refractivity (Wildman–Crippen MR) is 37.1 cm³/mol. The maximum Gasteiger partial charge on any atom is 0.358 e. The molecule has 0 radical (unpaired) electrons. The summed E-state index contributed by atoms with van der Waals surface area (Å²) in [6, 6.07) is 1.34. The minimum atomic E-state index is -4.11. The van der Waals surface area contributed by atoms with Crippen LogP contribution in [-0.2, 0) is 11.6 Å². The van der Waals surface area contributed by atoms with Crippen LogP contribution < -0.4 is 9.99 Å². The van der Waals surface area contributed by atoms with Gasteiger partial charge in [0.05, 0.1) is 5.30 Å². The monoisotopic (exact) mass is 175 g/mol. The van der Waals surface area contributed by atoms with Crippen molar-refractivity contribution in [3.63, 3.8) is 0 Å². The van der Waals surface area contributed by atoms with Gasteiger partial charge in [-0.25, -0.2) is 0 Å². The van der Waals surface area contributed by atoms with Crippen LogP contribution in [-0.4, -0.2) is 14.9 Å². The van der Waals surface area contributed by atoms with Gasteiger partial charge in [-0.3, -0.25) is 4.57 Å². The van der Waals surface area contributed by atoms with Crippen molar-refractivity contribution in [3.05, 3.63) is 18.5 Å². The Balaban J connectivity index is 3.09. The molecule has 5 nitrogen and oxygen atoms in total. The van der Waals surface area contributed by atoms with Gasteiger partial charge in [-0.15, -0.1) is 0 Å². The molecule has 0 aliphatic carbocycles. The molecule has 1 rings (SSSR count). The number of hydrogen-bond acceptors (Lipinski definition) is 2. The van der Waals surface area contributed by atoms with Crippen molar-refractivity contribution in [2.45, 2.75) is 0 Å². The van der Waals surface area contributed by atoms with Crippen molar-refractivity contribution >= 4 is 12.9 Å². The SMILES string of the molecule is C[n+]1ccc(P(=O)(O)O)cn1. The van der Waals surface area contributed by atoms with Crippen molar-refractivity contribution in [2.75, 3.05) is 0 Å². The Kier molecular flexibility index (Phi) is 2.04. The molecule has 6 heteroatoms. The molecular weight excluding hydrogens is 167 g/mol. The van der Waals surface area contributed by atoms with E-state index in [-0.39, 0.29) is 5.30 Å². The zero-order valence-corrected chi connectivity index (χ0v) is 6.77. The Morgan fingerprint density at radius 1 is 1.64 bits per heavy atom. The van der Waals surface area contributed by atoms with Gasteiger partial charge in [0.1, 0.15) is 6.20 Å². The molecule has 0 saturated carbocycles. The number of aromatic nitrogens is 2. The third-order valence-electron chi connectivity index (χ3n) is 1.17. The van der Waals surface area contributed by atoms with Crippen LogP contribution in [0.15, 0.2) is 18.5 Å². The normalized spacial score (nSPS) is 11.5. The average Bonchev–Trinajstić information content (AvgIpc) is 1.86. The summed E-state index contributed by atoms with van der Waals surface area (Å²) in [5, 5.41) is 3.61. The molecule has 11 heavy (non-hydrogen) atoms. The first-order chi connectivity index (χ1) is 5.00. The van der Waals surface area contributed by atoms with Crippen LogP contribution in [0.1, 0.15) is 0 Å². The van der Waals surface area contributed by atoms with E-state index >= 15 is 0 Å².